The molecule has 3 N–H and O–H groups in total. The first-order chi connectivity index (χ1) is 15.4. The second kappa shape index (κ2) is 8.93. The first-order valence-corrected chi connectivity index (χ1v) is 10.2. The van der Waals surface area contributed by atoms with Crippen molar-refractivity contribution in [3.63, 3.8) is 0 Å². The summed E-state index contributed by atoms with van der Waals surface area (Å²) in [6.07, 6.45) is 6.74. The van der Waals surface area contributed by atoms with Crippen LogP contribution in [0, 0.1) is 6.92 Å². The Labute approximate surface area is 185 Å². The number of aromatic nitrogens is 6. The second-order valence-electron chi connectivity index (χ2n) is 7.86. The fourth-order valence-corrected chi connectivity index (χ4v) is 3.27. The number of aryl methyl sites for hydroxylation is 1. The Bertz CT molecular complexity index is 1260. The van der Waals surface area contributed by atoms with Crippen LogP contribution < -0.4 is 11.1 Å². The lowest BCUT2D eigenvalue weighted by atomic mass is 9.99. The molecule has 162 valence electrons. The molecule has 1 amide bonds. The van der Waals surface area contributed by atoms with Crippen molar-refractivity contribution in [1.82, 2.24) is 29.9 Å². The SMILES string of the molecule is Cc1ccc(NC(=O)Cn2cc(C(C)C)nn2)cc1-c1cncc(-c2cc(N)ncn2)c1. The Hall–Kier alpha value is -4.14. The fourth-order valence-electron chi connectivity index (χ4n) is 3.27. The molecule has 3 heterocycles. The molecule has 0 atom stereocenters. The third kappa shape index (κ3) is 4.77. The molecule has 0 saturated carbocycles. The van der Waals surface area contributed by atoms with Gasteiger partial charge >= 0.3 is 0 Å². The largest absolute Gasteiger partial charge is 0.384 e. The highest BCUT2D eigenvalue weighted by molar-refractivity contribution is 5.91. The van der Waals surface area contributed by atoms with Gasteiger partial charge in [0.15, 0.2) is 0 Å². The number of nitrogens with two attached hydrogens (primary N) is 1. The Morgan fingerprint density at radius 2 is 1.94 bits per heavy atom. The van der Waals surface area contributed by atoms with Crippen molar-refractivity contribution in [3.8, 4) is 22.4 Å². The summed E-state index contributed by atoms with van der Waals surface area (Å²) in [4.78, 5) is 25.1. The first-order valence-electron chi connectivity index (χ1n) is 10.2. The zero-order valence-electron chi connectivity index (χ0n) is 18.1. The highest BCUT2D eigenvalue weighted by Gasteiger charge is 2.11. The van der Waals surface area contributed by atoms with E-state index in [4.69, 9.17) is 5.73 Å². The normalized spacial score (nSPS) is 11.0. The van der Waals surface area contributed by atoms with Crippen molar-refractivity contribution in [1.29, 1.82) is 0 Å². The number of carbonyl (C=O) groups is 1. The number of nitrogen functional groups attached to an aromatic ring is 1. The summed E-state index contributed by atoms with van der Waals surface area (Å²) in [6.45, 7) is 6.17. The van der Waals surface area contributed by atoms with Crippen LogP contribution in [0.1, 0.15) is 31.0 Å². The van der Waals surface area contributed by atoms with E-state index in [1.54, 1.807) is 29.3 Å². The lowest BCUT2D eigenvalue weighted by molar-refractivity contribution is -0.116. The second-order valence-corrected chi connectivity index (χ2v) is 7.86. The zero-order valence-corrected chi connectivity index (χ0v) is 18.1. The van der Waals surface area contributed by atoms with Crippen LogP contribution in [-0.2, 0) is 11.3 Å². The molecule has 32 heavy (non-hydrogen) atoms. The van der Waals surface area contributed by atoms with Crippen LogP contribution in [-0.4, -0.2) is 35.9 Å². The van der Waals surface area contributed by atoms with Crippen molar-refractivity contribution in [2.24, 2.45) is 0 Å². The topological polar surface area (TPSA) is 124 Å². The standard InChI is InChI=1S/C23H24N8O/c1-14(2)21-11-31(30-29-21)12-23(32)28-18-5-4-15(3)19(7-18)16-6-17(10-25-9-16)20-8-22(24)27-13-26-20/h4-11,13-14H,12H2,1-3H3,(H,28,32)(H2,24,26,27). The maximum absolute atomic E-state index is 12.5. The first kappa shape index (κ1) is 21.1. The smallest absolute Gasteiger partial charge is 0.246 e. The molecule has 1 aromatic carbocycles. The van der Waals surface area contributed by atoms with E-state index in [-0.39, 0.29) is 18.4 Å². The number of nitrogens with one attached hydrogen (secondary N) is 1. The minimum absolute atomic E-state index is 0.0924. The molecule has 0 fully saturated rings. The van der Waals surface area contributed by atoms with Gasteiger partial charge in [0, 0.05) is 41.5 Å². The van der Waals surface area contributed by atoms with Crippen LogP contribution in [0.2, 0.25) is 0 Å². The van der Waals surface area contributed by atoms with Crippen molar-refractivity contribution >= 4 is 17.4 Å². The number of benzene rings is 1. The quantitative estimate of drug-likeness (QED) is 0.482. The van der Waals surface area contributed by atoms with Crippen LogP contribution in [0.25, 0.3) is 22.4 Å². The molecule has 0 aliphatic carbocycles. The molecule has 0 radical (unpaired) electrons. The number of pyridine rings is 1. The maximum atomic E-state index is 12.5. The van der Waals surface area contributed by atoms with Gasteiger partial charge in [0.2, 0.25) is 5.91 Å². The Balaban J connectivity index is 1.55. The van der Waals surface area contributed by atoms with Gasteiger partial charge in [-0.05, 0) is 42.2 Å². The number of amides is 1. The summed E-state index contributed by atoms with van der Waals surface area (Å²) in [5.41, 5.74) is 11.8. The third-order valence-corrected chi connectivity index (χ3v) is 5.01. The lowest BCUT2D eigenvalue weighted by Gasteiger charge is -2.11. The molecule has 0 spiro atoms. The fraction of sp³-hybridized carbons (Fsp3) is 0.217. The average molecular weight is 429 g/mol. The summed E-state index contributed by atoms with van der Waals surface area (Å²) in [5.74, 6) is 0.479. The number of nitrogens with zero attached hydrogens (tertiary/aromatic N) is 6. The minimum Gasteiger partial charge on any atom is -0.384 e. The van der Waals surface area contributed by atoms with E-state index >= 15 is 0 Å². The van der Waals surface area contributed by atoms with Crippen LogP contribution in [0.15, 0.2) is 55.2 Å². The third-order valence-electron chi connectivity index (χ3n) is 5.01. The van der Waals surface area contributed by atoms with E-state index < -0.39 is 0 Å². The van der Waals surface area contributed by atoms with Gasteiger partial charge in [-0.3, -0.25) is 9.78 Å². The number of carbonyl (C=O) groups excluding carboxylic acids is 1. The Kier molecular flexibility index (Phi) is 5.89. The van der Waals surface area contributed by atoms with E-state index in [9.17, 15) is 4.79 Å². The Morgan fingerprint density at radius 1 is 1.12 bits per heavy atom. The predicted octanol–water partition coefficient (Wildman–Crippen LogP) is 3.45. The maximum Gasteiger partial charge on any atom is 0.246 e. The van der Waals surface area contributed by atoms with Gasteiger partial charge in [0.05, 0.1) is 11.4 Å². The van der Waals surface area contributed by atoms with E-state index in [0.29, 0.717) is 17.2 Å². The van der Waals surface area contributed by atoms with Gasteiger partial charge in [0.25, 0.3) is 0 Å². The number of hydrogen-bond acceptors (Lipinski definition) is 7. The van der Waals surface area contributed by atoms with Gasteiger partial charge in [-0.2, -0.15) is 0 Å². The highest BCUT2D eigenvalue weighted by atomic mass is 16.2. The highest BCUT2D eigenvalue weighted by Crippen LogP contribution is 2.29. The van der Waals surface area contributed by atoms with Gasteiger partial charge in [0.1, 0.15) is 18.7 Å². The average Bonchev–Trinajstić information content (AvgIpc) is 3.24. The molecule has 0 bridgehead atoms. The van der Waals surface area contributed by atoms with E-state index in [0.717, 1.165) is 27.9 Å². The summed E-state index contributed by atoms with van der Waals surface area (Å²) in [5, 5.41) is 11.0. The van der Waals surface area contributed by atoms with Gasteiger partial charge in [-0.15, -0.1) is 5.10 Å². The molecular weight excluding hydrogens is 404 g/mol. The summed E-state index contributed by atoms with van der Waals surface area (Å²) in [6, 6.07) is 9.47. The van der Waals surface area contributed by atoms with Crippen LogP contribution in [0.3, 0.4) is 0 Å². The molecular formula is C23H24N8O. The molecule has 3 aromatic heterocycles. The van der Waals surface area contributed by atoms with Gasteiger partial charge in [-0.25, -0.2) is 14.6 Å². The van der Waals surface area contributed by atoms with E-state index in [2.05, 4.69) is 30.6 Å². The molecule has 4 rings (SSSR count). The number of anilines is 2. The van der Waals surface area contributed by atoms with Gasteiger partial charge < -0.3 is 11.1 Å². The molecule has 4 aromatic rings. The number of hydrogen-bond donors (Lipinski definition) is 2. The molecule has 0 aliphatic heterocycles. The van der Waals surface area contributed by atoms with Gasteiger partial charge in [-0.1, -0.05) is 25.1 Å². The monoisotopic (exact) mass is 428 g/mol. The van der Waals surface area contributed by atoms with Crippen molar-refractivity contribution < 1.29 is 4.79 Å². The Morgan fingerprint density at radius 3 is 2.69 bits per heavy atom. The van der Waals surface area contributed by atoms with Crippen molar-refractivity contribution in [3.05, 3.63) is 66.5 Å². The minimum atomic E-state index is -0.177. The van der Waals surface area contributed by atoms with Crippen LogP contribution >= 0.6 is 0 Å². The predicted molar refractivity (Wildman–Crippen MR) is 123 cm³/mol. The van der Waals surface area contributed by atoms with Crippen molar-refractivity contribution in [2.45, 2.75) is 33.2 Å². The van der Waals surface area contributed by atoms with Crippen molar-refractivity contribution in [2.75, 3.05) is 11.1 Å². The summed E-state index contributed by atoms with van der Waals surface area (Å²) in [7, 11) is 0. The zero-order chi connectivity index (χ0) is 22.7. The molecule has 9 nitrogen and oxygen atoms in total. The lowest BCUT2D eigenvalue weighted by Crippen LogP contribution is -2.19. The molecule has 0 aliphatic rings. The molecule has 0 unspecified atom stereocenters. The van der Waals surface area contributed by atoms with Crippen LogP contribution in [0.4, 0.5) is 11.5 Å². The van der Waals surface area contributed by atoms with E-state index in [1.165, 1.54) is 6.33 Å². The van der Waals surface area contributed by atoms with E-state index in [1.807, 2.05) is 45.0 Å². The number of rotatable bonds is 6. The molecule has 0 saturated heterocycles. The molecule has 9 heteroatoms. The summed E-state index contributed by atoms with van der Waals surface area (Å²) >= 11 is 0. The van der Waals surface area contributed by atoms with Crippen LogP contribution in [0.5, 0.6) is 0 Å². The summed E-state index contributed by atoms with van der Waals surface area (Å²) < 4.78 is 1.54.